The molecule has 5 nitrogen and oxygen atoms in total. The Balaban J connectivity index is 2.30. The number of nitrogens with one attached hydrogen (secondary N) is 2. The van der Waals surface area contributed by atoms with Crippen LogP contribution in [-0.4, -0.2) is 29.3 Å². The van der Waals surface area contributed by atoms with E-state index in [0.29, 0.717) is 6.54 Å². The lowest BCUT2D eigenvalue weighted by molar-refractivity contribution is 0.0522. The van der Waals surface area contributed by atoms with Crippen LogP contribution in [0, 0.1) is 6.92 Å². The average molecular weight is 299 g/mol. The number of thiazole rings is 1. The highest BCUT2D eigenvalue weighted by Gasteiger charge is 2.17. The van der Waals surface area contributed by atoms with Crippen LogP contribution in [0.3, 0.4) is 0 Å². The number of carbonyl (C=O) groups excluding carboxylic acids is 1. The molecule has 20 heavy (non-hydrogen) atoms. The maximum absolute atomic E-state index is 11.6. The van der Waals surface area contributed by atoms with E-state index in [-0.39, 0.29) is 12.1 Å². The number of rotatable bonds is 6. The number of alkyl carbamates (subject to hydrolysis) is 1. The zero-order valence-corrected chi connectivity index (χ0v) is 13.8. The predicted octanol–water partition coefficient (Wildman–Crippen LogP) is 2.84. The van der Waals surface area contributed by atoms with Gasteiger partial charge in [-0.3, -0.25) is 0 Å². The highest BCUT2D eigenvalue weighted by Crippen LogP contribution is 2.08. The molecule has 2 N–H and O–H groups in total. The van der Waals surface area contributed by atoms with Gasteiger partial charge in [0.2, 0.25) is 0 Å². The Kier molecular flexibility index (Phi) is 6.42. The van der Waals surface area contributed by atoms with E-state index < -0.39 is 5.60 Å². The Bertz CT molecular complexity index is 426. The van der Waals surface area contributed by atoms with Crippen LogP contribution in [0.4, 0.5) is 4.79 Å². The molecule has 0 aromatic carbocycles. The molecule has 1 heterocycles. The minimum Gasteiger partial charge on any atom is -0.444 e. The average Bonchev–Trinajstić information content (AvgIpc) is 2.73. The Labute approximate surface area is 125 Å². The highest BCUT2D eigenvalue weighted by molar-refractivity contribution is 7.09. The van der Waals surface area contributed by atoms with Crippen LogP contribution < -0.4 is 10.6 Å². The molecule has 1 aromatic rings. The Morgan fingerprint density at radius 1 is 1.50 bits per heavy atom. The van der Waals surface area contributed by atoms with Crippen molar-refractivity contribution in [2.75, 3.05) is 6.54 Å². The van der Waals surface area contributed by atoms with Gasteiger partial charge in [-0.15, -0.1) is 11.3 Å². The zero-order chi connectivity index (χ0) is 15.2. The van der Waals surface area contributed by atoms with Gasteiger partial charge in [-0.05, 0) is 34.1 Å². The molecule has 0 fully saturated rings. The number of amides is 1. The lowest BCUT2D eigenvalue weighted by Crippen LogP contribution is -2.42. The summed E-state index contributed by atoms with van der Waals surface area (Å²) in [6, 6.07) is 0.213. The van der Waals surface area contributed by atoms with Gasteiger partial charge in [0.05, 0.1) is 10.7 Å². The molecule has 1 aromatic heterocycles. The Hall–Kier alpha value is -1.14. The second kappa shape index (κ2) is 7.59. The summed E-state index contributed by atoms with van der Waals surface area (Å²) in [6.45, 7) is 10.9. The van der Waals surface area contributed by atoms with Crippen LogP contribution in [0.15, 0.2) is 5.38 Å². The van der Waals surface area contributed by atoms with E-state index >= 15 is 0 Å². The molecule has 0 spiro atoms. The number of aromatic nitrogens is 1. The summed E-state index contributed by atoms with van der Waals surface area (Å²) in [5.41, 5.74) is 0.584. The van der Waals surface area contributed by atoms with E-state index in [9.17, 15) is 4.79 Å². The molecule has 0 saturated carbocycles. The van der Waals surface area contributed by atoms with Gasteiger partial charge in [0.15, 0.2) is 0 Å². The summed E-state index contributed by atoms with van der Waals surface area (Å²) in [6.07, 6.45) is 0.557. The van der Waals surface area contributed by atoms with Gasteiger partial charge in [-0.1, -0.05) is 6.92 Å². The maximum Gasteiger partial charge on any atom is 0.407 e. The molecule has 0 aliphatic rings. The molecule has 0 aliphatic heterocycles. The third-order valence-electron chi connectivity index (χ3n) is 2.62. The molecular weight excluding hydrogens is 274 g/mol. The normalized spacial score (nSPS) is 13.1. The van der Waals surface area contributed by atoms with E-state index in [4.69, 9.17) is 4.74 Å². The fraction of sp³-hybridized carbons (Fsp3) is 0.714. The Morgan fingerprint density at radius 2 is 2.20 bits per heavy atom. The van der Waals surface area contributed by atoms with Crippen molar-refractivity contribution in [1.29, 1.82) is 0 Å². The van der Waals surface area contributed by atoms with Crippen LogP contribution in [0.1, 0.15) is 44.8 Å². The first-order valence-electron chi connectivity index (χ1n) is 6.91. The van der Waals surface area contributed by atoms with Crippen molar-refractivity contribution in [3.63, 3.8) is 0 Å². The Morgan fingerprint density at radius 3 is 2.70 bits per heavy atom. The molecule has 6 heteroatoms. The van der Waals surface area contributed by atoms with Crippen LogP contribution in [0.5, 0.6) is 0 Å². The summed E-state index contributed by atoms with van der Waals surface area (Å²) < 4.78 is 5.21. The molecule has 0 bridgehead atoms. The number of ether oxygens (including phenoxy) is 1. The van der Waals surface area contributed by atoms with Crippen molar-refractivity contribution < 1.29 is 9.53 Å². The maximum atomic E-state index is 11.6. The first-order chi connectivity index (χ1) is 9.30. The van der Waals surface area contributed by atoms with Gasteiger partial charge in [0, 0.05) is 24.5 Å². The smallest absolute Gasteiger partial charge is 0.407 e. The fourth-order valence-electron chi connectivity index (χ4n) is 1.62. The van der Waals surface area contributed by atoms with Crippen molar-refractivity contribution in [1.82, 2.24) is 15.6 Å². The minimum absolute atomic E-state index is 0.213. The lowest BCUT2D eigenvalue weighted by atomic mass is 10.2. The SMILES string of the molecule is CCC(CNC(=O)OC(C)(C)C)NCc1csc(C)n1. The molecule has 1 amide bonds. The molecule has 1 rings (SSSR count). The van der Waals surface area contributed by atoms with Gasteiger partial charge >= 0.3 is 6.09 Å². The van der Waals surface area contributed by atoms with Crippen LogP contribution in [0.25, 0.3) is 0 Å². The van der Waals surface area contributed by atoms with E-state index in [1.807, 2.05) is 27.7 Å². The molecule has 0 radical (unpaired) electrons. The quantitative estimate of drug-likeness (QED) is 0.848. The van der Waals surface area contributed by atoms with Crippen LogP contribution in [-0.2, 0) is 11.3 Å². The van der Waals surface area contributed by atoms with Gasteiger partial charge in [0.1, 0.15) is 5.60 Å². The van der Waals surface area contributed by atoms with Crippen molar-refractivity contribution in [2.45, 2.75) is 59.2 Å². The van der Waals surface area contributed by atoms with Crippen molar-refractivity contribution >= 4 is 17.4 Å². The predicted molar refractivity (Wildman–Crippen MR) is 82.0 cm³/mol. The second-order valence-corrected chi connectivity index (χ2v) is 6.79. The first-order valence-corrected chi connectivity index (χ1v) is 7.79. The molecule has 1 atom stereocenters. The number of hydrogen-bond acceptors (Lipinski definition) is 5. The summed E-state index contributed by atoms with van der Waals surface area (Å²) in [5, 5.41) is 9.30. The minimum atomic E-state index is -0.461. The molecule has 114 valence electrons. The zero-order valence-electron chi connectivity index (χ0n) is 12.9. The van der Waals surface area contributed by atoms with Gasteiger partial charge in [-0.25, -0.2) is 9.78 Å². The topological polar surface area (TPSA) is 63.2 Å². The third kappa shape index (κ3) is 6.86. The van der Waals surface area contributed by atoms with E-state index in [2.05, 4.69) is 27.9 Å². The van der Waals surface area contributed by atoms with Gasteiger partial charge in [0.25, 0.3) is 0 Å². The van der Waals surface area contributed by atoms with E-state index in [1.165, 1.54) is 0 Å². The fourth-order valence-corrected chi connectivity index (χ4v) is 2.23. The molecule has 1 unspecified atom stereocenters. The monoisotopic (exact) mass is 299 g/mol. The number of aryl methyl sites for hydroxylation is 1. The number of hydrogen-bond donors (Lipinski definition) is 2. The molecular formula is C14H25N3O2S. The van der Waals surface area contributed by atoms with Gasteiger partial charge in [-0.2, -0.15) is 0 Å². The van der Waals surface area contributed by atoms with Crippen molar-refractivity contribution in [3.8, 4) is 0 Å². The van der Waals surface area contributed by atoms with Gasteiger partial charge < -0.3 is 15.4 Å². The van der Waals surface area contributed by atoms with Crippen LogP contribution in [0.2, 0.25) is 0 Å². The largest absolute Gasteiger partial charge is 0.444 e. The number of nitrogens with zero attached hydrogens (tertiary/aromatic N) is 1. The summed E-state index contributed by atoms with van der Waals surface area (Å²) in [7, 11) is 0. The standard InChI is InChI=1S/C14H25N3O2S/c1-6-11(7-16-13(18)19-14(3,4)5)15-8-12-9-20-10(2)17-12/h9,11,15H,6-8H2,1-5H3,(H,16,18). The van der Waals surface area contributed by atoms with E-state index in [0.717, 1.165) is 23.7 Å². The van der Waals surface area contributed by atoms with Crippen molar-refractivity contribution in [3.05, 3.63) is 16.1 Å². The second-order valence-electron chi connectivity index (χ2n) is 5.73. The summed E-state index contributed by atoms with van der Waals surface area (Å²) >= 11 is 1.65. The van der Waals surface area contributed by atoms with Crippen molar-refractivity contribution in [2.24, 2.45) is 0 Å². The lowest BCUT2D eigenvalue weighted by Gasteiger charge is -2.22. The van der Waals surface area contributed by atoms with Crippen LogP contribution >= 0.6 is 11.3 Å². The molecule has 0 aliphatic carbocycles. The van der Waals surface area contributed by atoms with E-state index in [1.54, 1.807) is 11.3 Å². The number of carbonyl (C=O) groups is 1. The molecule has 0 saturated heterocycles. The summed E-state index contributed by atoms with van der Waals surface area (Å²) in [5.74, 6) is 0. The first kappa shape index (κ1) is 16.9. The third-order valence-corrected chi connectivity index (χ3v) is 3.45. The highest BCUT2D eigenvalue weighted by atomic mass is 32.1. The summed E-state index contributed by atoms with van der Waals surface area (Å²) in [4.78, 5) is 16.0.